The van der Waals surface area contributed by atoms with E-state index in [0.29, 0.717) is 33.5 Å². The first-order valence-electron chi connectivity index (χ1n) is 8.82. The third kappa shape index (κ3) is 3.75. The molecule has 0 saturated carbocycles. The molecule has 3 amide bonds. The first kappa shape index (κ1) is 19.9. The number of aromatic nitrogens is 1. The Kier molecular flexibility index (Phi) is 5.58. The third-order valence-corrected chi connectivity index (χ3v) is 6.43. The number of hydrogen-bond donors (Lipinski definition) is 1. The van der Waals surface area contributed by atoms with E-state index in [9.17, 15) is 14.4 Å². The summed E-state index contributed by atoms with van der Waals surface area (Å²) in [4.78, 5) is 44.2. The smallest absolute Gasteiger partial charge is 0.262 e. The Balaban J connectivity index is 1.61. The zero-order valence-corrected chi connectivity index (χ0v) is 17.7. The van der Waals surface area contributed by atoms with Crippen LogP contribution in [0.4, 0.5) is 5.13 Å². The number of amides is 3. The van der Waals surface area contributed by atoms with Crippen molar-refractivity contribution < 1.29 is 14.4 Å². The van der Waals surface area contributed by atoms with E-state index in [4.69, 9.17) is 11.6 Å². The minimum absolute atomic E-state index is 0.328. The quantitative estimate of drug-likeness (QED) is 0.572. The maximum absolute atomic E-state index is 13.1. The second-order valence-electron chi connectivity index (χ2n) is 6.44. The maximum atomic E-state index is 13.1. The van der Waals surface area contributed by atoms with Gasteiger partial charge in [0.15, 0.2) is 5.13 Å². The van der Waals surface area contributed by atoms with Crippen LogP contribution in [0, 0.1) is 0 Å². The van der Waals surface area contributed by atoms with E-state index in [2.05, 4.69) is 10.3 Å². The van der Waals surface area contributed by atoms with Crippen molar-refractivity contribution >= 4 is 67.8 Å². The number of carbonyl (C=O) groups excluding carboxylic acids is 3. The first-order valence-corrected chi connectivity index (χ1v) is 11.4. The molecule has 1 aliphatic rings. The molecule has 2 heterocycles. The van der Waals surface area contributed by atoms with E-state index in [0.717, 1.165) is 15.1 Å². The molecule has 148 valence electrons. The van der Waals surface area contributed by atoms with Gasteiger partial charge in [-0.3, -0.25) is 19.3 Å². The highest BCUT2D eigenvalue weighted by atomic mass is 35.5. The second kappa shape index (κ2) is 8.14. The summed E-state index contributed by atoms with van der Waals surface area (Å²) in [7, 11) is 0. The van der Waals surface area contributed by atoms with E-state index in [-0.39, 0.29) is 0 Å². The van der Waals surface area contributed by atoms with Crippen LogP contribution in [0.5, 0.6) is 0 Å². The Morgan fingerprint density at radius 3 is 2.55 bits per heavy atom. The second-order valence-corrected chi connectivity index (χ2v) is 8.90. The Morgan fingerprint density at radius 2 is 1.90 bits per heavy atom. The minimum Gasteiger partial charge on any atom is -0.300 e. The van der Waals surface area contributed by atoms with Gasteiger partial charge < -0.3 is 5.32 Å². The molecule has 29 heavy (non-hydrogen) atoms. The molecule has 9 heteroatoms. The summed E-state index contributed by atoms with van der Waals surface area (Å²) in [6.45, 7) is 0. The van der Waals surface area contributed by atoms with Crippen LogP contribution in [0.3, 0.4) is 0 Å². The number of anilines is 1. The molecule has 0 spiro atoms. The zero-order valence-electron chi connectivity index (χ0n) is 15.3. The summed E-state index contributed by atoms with van der Waals surface area (Å²) in [5.74, 6) is -0.689. The molecule has 0 fully saturated rings. The van der Waals surface area contributed by atoms with Gasteiger partial charge in [-0.05, 0) is 48.8 Å². The summed E-state index contributed by atoms with van der Waals surface area (Å²) < 4.78 is 0.842. The van der Waals surface area contributed by atoms with Crippen molar-refractivity contribution in [2.45, 2.75) is 12.5 Å². The van der Waals surface area contributed by atoms with Crippen molar-refractivity contribution in [1.29, 1.82) is 0 Å². The number of imide groups is 1. The molecule has 0 aliphatic carbocycles. The Labute approximate surface area is 180 Å². The van der Waals surface area contributed by atoms with Crippen molar-refractivity contribution in [2.75, 3.05) is 17.3 Å². The molecular weight excluding hydrogens is 430 g/mol. The van der Waals surface area contributed by atoms with Crippen molar-refractivity contribution in [3.8, 4) is 0 Å². The number of nitrogens with one attached hydrogen (secondary N) is 1. The summed E-state index contributed by atoms with van der Waals surface area (Å²) in [6.07, 6.45) is 2.27. The fourth-order valence-electron chi connectivity index (χ4n) is 3.24. The van der Waals surface area contributed by atoms with E-state index in [1.807, 2.05) is 6.26 Å². The van der Waals surface area contributed by atoms with Gasteiger partial charge in [0, 0.05) is 5.02 Å². The van der Waals surface area contributed by atoms with Crippen LogP contribution in [0.15, 0.2) is 42.5 Å². The van der Waals surface area contributed by atoms with Crippen LogP contribution >= 0.6 is 34.7 Å². The molecule has 1 aliphatic heterocycles. The lowest BCUT2D eigenvalue weighted by atomic mass is 10.1. The van der Waals surface area contributed by atoms with Gasteiger partial charge in [-0.15, -0.1) is 0 Å². The van der Waals surface area contributed by atoms with Crippen molar-refractivity contribution in [3.63, 3.8) is 0 Å². The highest BCUT2D eigenvalue weighted by Gasteiger charge is 2.42. The number of thioether (sulfide) groups is 1. The van der Waals surface area contributed by atoms with E-state index in [1.165, 1.54) is 11.3 Å². The van der Waals surface area contributed by atoms with Crippen molar-refractivity contribution in [3.05, 3.63) is 58.6 Å². The predicted molar refractivity (Wildman–Crippen MR) is 117 cm³/mol. The number of carbonyl (C=O) groups is 3. The lowest BCUT2D eigenvalue weighted by Crippen LogP contribution is -2.47. The number of fused-ring (bicyclic) bond motifs is 2. The monoisotopic (exact) mass is 445 g/mol. The van der Waals surface area contributed by atoms with Crippen molar-refractivity contribution in [1.82, 2.24) is 9.88 Å². The molecule has 1 unspecified atom stereocenters. The molecule has 1 atom stereocenters. The van der Waals surface area contributed by atoms with Crippen LogP contribution in [0.2, 0.25) is 5.02 Å². The molecule has 0 saturated heterocycles. The predicted octanol–water partition coefficient (Wildman–Crippen LogP) is 4.31. The number of rotatable bonds is 6. The third-order valence-electron chi connectivity index (χ3n) is 4.62. The van der Waals surface area contributed by atoms with E-state index in [1.54, 1.807) is 54.2 Å². The van der Waals surface area contributed by atoms with Gasteiger partial charge in [0.25, 0.3) is 11.8 Å². The number of hydrogen-bond acceptors (Lipinski definition) is 6. The van der Waals surface area contributed by atoms with Gasteiger partial charge in [-0.25, -0.2) is 4.98 Å². The largest absolute Gasteiger partial charge is 0.300 e. The topological polar surface area (TPSA) is 79.4 Å². The molecular formula is C20H16ClN3O3S2. The van der Waals surface area contributed by atoms with E-state index >= 15 is 0 Å². The molecule has 2 aromatic carbocycles. The van der Waals surface area contributed by atoms with Crippen LogP contribution in [-0.4, -0.2) is 45.7 Å². The molecule has 1 aromatic heterocycles. The zero-order chi connectivity index (χ0) is 20.5. The highest BCUT2D eigenvalue weighted by molar-refractivity contribution is 7.98. The molecule has 6 nitrogen and oxygen atoms in total. The lowest BCUT2D eigenvalue weighted by Gasteiger charge is -2.24. The summed E-state index contributed by atoms with van der Waals surface area (Å²) >= 11 is 8.85. The Morgan fingerprint density at radius 1 is 1.21 bits per heavy atom. The number of benzene rings is 2. The van der Waals surface area contributed by atoms with Crippen LogP contribution < -0.4 is 5.32 Å². The van der Waals surface area contributed by atoms with Gasteiger partial charge in [0.1, 0.15) is 6.04 Å². The van der Waals surface area contributed by atoms with Crippen LogP contribution in [-0.2, 0) is 4.79 Å². The molecule has 3 aromatic rings. The standard InChI is InChI=1S/C20H16ClN3O3S2/c1-28-9-8-15(24-18(26)12-4-2-3-5-13(12)19(24)27)17(25)23-20-22-14-7-6-11(21)10-16(14)29-20/h2-7,10,15H,8-9H2,1H3,(H,22,23,25). The Bertz CT molecular complexity index is 1100. The molecule has 0 bridgehead atoms. The van der Waals surface area contributed by atoms with Crippen molar-refractivity contribution in [2.24, 2.45) is 0 Å². The normalized spacial score (nSPS) is 14.3. The number of nitrogens with zero attached hydrogens (tertiary/aromatic N) is 2. The van der Waals surface area contributed by atoms with Crippen LogP contribution in [0.1, 0.15) is 27.1 Å². The Hall–Kier alpha value is -2.42. The van der Waals surface area contributed by atoms with Gasteiger partial charge in [0.2, 0.25) is 5.91 Å². The fourth-order valence-corrected chi connectivity index (χ4v) is 4.84. The van der Waals surface area contributed by atoms with E-state index < -0.39 is 23.8 Å². The van der Waals surface area contributed by atoms with Crippen LogP contribution in [0.25, 0.3) is 10.2 Å². The summed E-state index contributed by atoms with van der Waals surface area (Å²) in [6, 6.07) is 11.0. The van der Waals surface area contributed by atoms with Gasteiger partial charge in [-0.2, -0.15) is 11.8 Å². The van der Waals surface area contributed by atoms with Gasteiger partial charge in [-0.1, -0.05) is 35.1 Å². The molecule has 4 rings (SSSR count). The average Bonchev–Trinajstić information content (AvgIpc) is 3.21. The maximum Gasteiger partial charge on any atom is 0.262 e. The number of thiazole rings is 1. The summed E-state index contributed by atoms with van der Waals surface area (Å²) in [5, 5.41) is 3.76. The lowest BCUT2D eigenvalue weighted by molar-refractivity contribution is -0.120. The first-order chi connectivity index (χ1) is 14.0. The number of halogens is 1. The van der Waals surface area contributed by atoms with Gasteiger partial charge in [0.05, 0.1) is 21.3 Å². The molecule has 1 N–H and O–H groups in total. The van der Waals surface area contributed by atoms with Gasteiger partial charge >= 0.3 is 0 Å². The average molecular weight is 446 g/mol. The molecule has 0 radical (unpaired) electrons. The highest BCUT2D eigenvalue weighted by Crippen LogP contribution is 2.30. The SMILES string of the molecule is CSCCC(C(=O)Nc1nc2ccc(Cl)cc2s1)N1C(=O)c2ccccc2C1=O. The minimum atomic E-state index is -0.912. The fraction of sp³-hybridized carbons (Fsp3) is 0.200. The summed E-state index contributed by atoms with van der Waals surface area (Å²) in [5.41, 5.74) is 1.37.